The van der Waals surface area contributed by atoms with Gasteiger partial charge in [-0.05, 0) is 56.9 Å². The monoisotopic (exact) mass is 296 g/mol. The van der Waals surface area contributed by atoms with Crippen molar-refractivity contribution in [3.05, 3.63) is 28.8 Å². The molecule has 0 saturated carbocycles. The van der Waals surface area contributed by atoms with Crippen LogP contribution in [0, 0.1) is 0 Å². The van der Waals surface area contributed by atoms with Gasteiger partial charge in [0.25, 0.3) is 0 Å². The van der Waals surface area contributed by atoms with Crippen LogP contribution in [0.5, 0.6) is 0 Å². The molecule has 1 aromatic carbocycles. The fourth-order valence-corrected chi connectivity index (χ4v) is 3.00. The van der Waals surface area contributed by atoms with Crippen LogP contribution in [0.3, 0.4) is 0 Å². The van der Waals surface area contributed by atoms with Crippen molar-refractivity contribution in [1.82, 2.24) is 0 Å². The number of nitrogens with zero attached hydrogens (tertiary/aromatic N) is 1. The number of nitrogens with two attached hydrogens (primary N) is 1. The van der Waals surface area contributed by atoms with Gasteiger partial charge in [-0.1, -0.05) is 11.6 Å². The Morgan fingerprint density at radius 2 is 2.30 bits per heavy atom. The Balaban J connectivity index is 2.18. The van der Waals surface area contributed by atoms with Gasteiger partial charge in [0.05, 0.1) is 6.10 Å². The van der Waals surface area contributed by atoms with Gasteiger partial charge in [0.1, 0.15) is 0 Å². The van der Waals surface area contributed by atoms with Crippen LogP contribution in [0.25, 0.3) is 0 Å². The molecule has 1 heterocycles. The minimum atomic E-state index is 0.133. The lowest BCUT2D eigenvalue weighted by Gasteiger charge is -2.28. The summed E-state index contributed by atoms with van der Waals surface area (Å²) in [5, 5.41) is 0.776. The number of ether oxygens (including phenoxy) is 1. The van der Waals surface area contributed by atoms with E-state index in [4.69, 9.17) is 22.1 Å². The molecular weight excluding hydrogens is 272 g/mol. The smallest absolute Gasteiger partial charge is 0.0750 e. The summed E-state index contributed by atoms with van der Waals surface area (Å²) in [6.07, 6.45) is 3.54. The van der Waals surface area contributed by atoms with E-state index < -0.39 is 0 Å². The van der Waals surface area contributed by atoms with E-state index in [1.807, 2.05) is 19.1 Å². The van der Waals surface area contributed by atoms with Crippen LogP contribution in [0.2, 0.25) is 5.02 Å². The summed E-state index contributed by atoms with van der Waals surface area (Å²) in [7, 11) is 0. The Hall–Kier alpha value is -0.770. The summed E-state index contributed by atoms with van der Waals surface area (Å²) in [6.45, 7) is 7.02. The van der Waals surface area contributed by atoms with E-state index in [1.165, 1.54) is 17.7 Å². The Bertz CT molecular complexity index is 430. The molecular formula is C16H25ClN2O. The number of likely N-dealkylation sites (N-methyl/N-ethyl adjacent to an activating group) is 1. The van der Waals surface area contributed by atoms with Crippen molar-refractivity contribution in [1.29, 1.82) is 0 Å². The quantitative estimate of drug-likeness (QED) is 0.876. The lowest BCUT2D eigenvalue weighted by molar-refractivity contribution is 0.115. The van der Waals surface area contributed by atoms with Gasteiger partial charge in [0.2, 0.25) is 0 Å². The number of halogens is 1. The van der Waals surface area contributed by atoms with Gasteiger partial charge < -0.3 is 15.4 Å². The van der Waals surface area contributed by atoms with Crippen LogP contribution in [0.15, 0.2) is 18.2 Å². The molecule has 0 spiro atoms. The first-order valence-corrected chi connectivity index (χ1v) is 7.88. The predicted molar refractivity (Wildman–Crippen MR) is 85.7 cm³/mol. The van der Waals surface area contributed by atoms with Crippen LogP contribution in [0.1, 0.15) is 32.3 Å². The largest absolute Gasteiger partial charge is 0.376 e. The zero-order valence-electron chi connectivity index (χ0n) is 12.4. The van der Waals surface area contributed by atoms with E-state index in [2.05, 4.69) is 17.9 Å². The van der Waals surface area contributed by atoms with Crippen molar-refractivity contribution >= 4 is 17.3 Å². The predicted octanol–water partition coefficient (Wildman–Crippen LogP) is 3.24. The van der Waals surface area contributed by atoms with Crippen LogP contribution in [-0.4, -0.2) is 31.8 Å². The first kappa shape index (κ1) is 15.6. The average molecular weight is 297 g/mol. The van der Waals surface area contributed by atoms with Crippen molar-refractivity contribution in [3.63, 3.8) is 0 Å². The molecule has 2 rings (SSSR count). The van der Waals surface area contributed by atoms with E-state index in [0.29, 0.717) is 6.10 Å². The third-order valence-corrected chi connectivity index (χ3v) is 3.99. The third-order valence-electron chi connectivity index (χ3n) is 3.75. The van der Waals surface area contributed by atoms with E-state index in [9.17, 15) is 0 Å². The second kappa shape index (κ2) is 7.30. The van der Waals surface area contributed by atoms with Crippen LogP contribution < -0.4 is 10.6 Å². The second-order valence-electron chi connectivity index (χ2n) is 5.63. The number of hydrogen-bond donors (Lipinski definition) is 1. The summed E-state index contributed by atoms with van der Waals surface area (Å²) in [4.78, 5) is 2.38. The molecule has 1 aliphatic heterocycles. The standard InChI is InChI=1S/C16H25ClN2O/c1-3-19(11-15-5-4-8-20-15)16-7-6-14(17)10-13(16)9-12(2)18/h6-7,10,12,15H,3-5,8-9,11,18H2,1-2H3. The van der Waals surface area contributed by atoms with Crippen LogP contribution in [0.4, 0.5) is 5.69 Å². The van der Waals surface area contributed by atoms with Gasteiger partial charge in [-0.25, -0.2) is 0 Å². The van der Waals surface area contributed by atoms with Crippen molar-refractivity contribution in [2.24, 2.45) is 5.73 Å². The molecule has 4 heteroatoms. The van der Waals surface area contributed by atoms with E-state index in [-0.39, 0.29) is 6.04 Å². The molecule has 20 heavy (non-hydrogen) atoms. The Labute approximate surface area is 127 Å². The molecule has 1 aliphatic rings. The first-order chi connectivity index (χ1) is 9.60. The fraction of sp³-hybridized carbons (Fsp3) is 0.625. The number of anilines is 1. The number of rotatable bonds is 6. The van der Waals surface area contributed by atoms with Crippen LogP contribution in [-0.2, 0) is 11.2 Å². The Kier molecular flexibility index (Phi) is 5.70. The molecule has 0 amide bonds. The summed E-state index contributed by atoms with van der Waals surface area (Å²) in [5.41, 5.74) is 8.43. The minimum absolute atomic E-state index is 0.133. The van der Waals surface area contributed by atoms with E-state index >= 15 is 0 Å². The van der Waals surface area contributed by atoms with Crippen molar-refractivity contribution in [2.45, 2.75) is 45.3 Å². The molecule has 3 nitrogen and oxygen atoms in total. The molecule has 1 saturated heterocycles. The second-order valence-corrected chi connectivity index (χ2v) is 6.06. The van der Waals surface area contributed by atoms with Gasteiger partial charge in [-0.2, -0.15) is 0 Å². The highest BCUT2D eigenvalue weighted by Crippen LogP contribution is 2.27. The highest BCUT2D eigenvalue weighted by Gasteiger charge is 2.20. The van der Waals surface area contributed by atoms with Crippen molar-refractivity contribution in [3.8, 4) is 0 Å². The maximum absolute atomic E-state index is 6.13. The summed E-state index contributed by atoms with van der Waals surface area (Å²) in [5.74, 6) is 0. The maximum atomic E-state index is 6.13. The van der Waals surface area contributed by atoms with Crippen LogP contribution >= 0.6 is 11.6 Å². The number of benzene rings is 1. The zero-order valence-corrected chi connectivity index (χ0v) is 13.2. The van der Waals surface area contributed by atoms with Crippen molar-refractivity contribution in [2.75, 3.05) is 24.6 Å². The molecule has 2 N–H and O–H groups in total. The third kappa shape index (κ3) is 4.11. The highest BCUT2D eigenvalue weighted by molar-refractivity contribution is 6.30. The van der Waals surface area contributed by atoms with Gasteiger partial charge >= 0.3 is 0 Å². The molecule has 112 valence electrons. The topological polar surface area (TPSA) is 38.5 Å². The minimum Gasteiger partial charge on any atom is -0.376 e. The summed E-state index contributed by atoms with van der Waals surface area (Å²) >= 11 is 6.13. The maximum Gasteiger partial charge on any atom is 0.0750 e. The fourth-order valence-electron chi connectivity index (χ4n) is 2.80. The van der Waals surface area contributed by atoms with Crippen molar-refractivity contribution < 1.29 is 4.74 Å². The summed E-state index contributed by atoms with van der Waals surface area (Å²) < 4.78 is 5.76. The van der Waals surface area contributed by atoms with Gasteiger partial charge in [0, 0.05) is 36.4 Å². The van der Waals surface area contributed by atoms with Gasteiger partial charge in [-0.3, -0.25) is 0 Å². The Morgan fingerprint density at radius 3 is 2.90 bits per heavy atom. The first-order valence-electron chi connectivity index (χ1n) is 7.50. The molecule has 0 bridgehead atoms. The van der Waals surface area contributed by atoms with E-state index in [1.54, 1.807) is 0 Å². The van der Waals surface area contributed by atoms with Gasteiger partial charge in [0.15, 0.2) is 0 Å². The molecule has 2 unspecified atom stereocenters. The molecule has 0 aliphatic carbocycles. The molecule has 2 atom stereocenters. The average Bonchev–Trinajstić information content (AvgIpc) is 2.89. The lowest BCUT2D eigenvalue weighted by atomic mass is 10.0. The SMILES string of the molecule is CCN(CC1CCCO1)c1ccc(Cl)cc1CC(C)N. The normalized spacial score (nSPS) is 20.1. The number of hydrogen-bond acceptors (Lipinski definition) is 3. The Morgan fingerprint density at radius 1 is 1.50 bits per heavy atom. The zero-order chi connectivity index (χ0) is 14.5. The van der Waals surface area contributed by atoms with E-state index in [0.717, 1.165) is 37.6 Å². The van der Waals surface area contributed by atoms with Gasteiger partial charge in [-0.15, -0.1) is 0 Å². The summed E-state index contributed by atoms with van der Waals surface area (Å²) in [6, 6.07) is 6.24. The lowest BCUT2D eigenvalue weighted by Crippen LogP contribution is -2.33. The molecule has 1 aromatic rings. The molecule has 0 radical (unpaired) electrons. The molecule has 0 aromatic heterocycles. The molecule has 1 fully saturated rings. The highest BCUT2D eigenvalue weighted by atomic mass is 35.5.